The molecule has 0 N–H and O–H groups in total. The van der Waals surface area contributed by atoms with E-state index in [0.717, 1.165) is 24.3 Å². The van der Waals surface area contributed by atoms with E-state index in [1.807, 2.05) is 0 Å². The Balaban J connectivity index is 2.04. The summed E-state index contributed by atoms with van der Waals surface area (Å²) in [6.07, 6.45) is 5.85. The Bertz CT molecular complexity index is 218. The maximum absolute atomic E-state index is 5.94. The van der Waals surface area contributed by atoms with Gasteiger partial charge < -0.3 is 9.47 Å². The molecular weight excluding hydrogens is 256 g/mol. The summed E-state index contributed by atoms with van der Waals surface area (Å²) >= 11 is 3.69. The zero-order chi connectivity index (χ0) is 10.9. The second-order valence-electron chi connectivity index (χ2n) is 5.13. The summed E-state index contributed by atoms with van der Waals surface area (Å²) < 4.78 is 11.4. The van der Waals surface area contributed by atoms with Gasteiger partial charge in [-0.3, -0.25) is 0 Å². The molecule has 1 saturated carbocycles. The highest BCUT2D eigenvalue weighted by Crippen LogP contribution is 2.51. The van der Waals surface area contributed by atoms with Crippen LogP contribution in [0.1, 0.15) is 32.6 Å². The normalized spacial score (nSPS) is 38.2. The molecule has 2 aliphatic rings. The van der Waals surface area contributed by atoms with Crippen LogP contribution in [0.25, 0.3) is 0 Å². The van der Waals surface area contributed by atoms with Gasteiger partial charge in [0.2, 0.25) is 0 Å². The molecule has 1 heterocycles. The van der Waals surface area contributed by atoms with Crippen molar-refractivity contribution in [1.82, 2.24) is 0 Å². The predicted molar refractivity (Wildman–Crippen MR) is 64.4 cm³/mol. The van der Waals surface area contributed by atoms with Gasteiger partial charge in [0.25, 0.3) is 0 Å². The van der Waals surface area contributed by atoms with Crippen LogP contribution in [0.2, 0.25) is 0 Å². The van der Waals surface area contributed by atoms with Gasteiger partial charge in [0.15, 0.2) is 0 Å². The van der Waals surface area contributed by atoms with E-state index in [-0.39, 0.29) is 0 Å². The van der Waals surface area contributed by atoms with Crippen LogP contribution in [0, 0.1) is 11.3 Å². The quantitative estimate of drug-likeness (QED) is 0.719. The highest BCUT2D eigenvalue weighted by Gasteiger charge is 2.50. The number of hydrogen-bond acceptors (Lipinski definition) is 2. The van der Waals surface area contributed by atoms with E-state index in [9.17, 15) is 0 Å². The lowest BCUT2D eigenvalue weighted by atomic mass is 9.76. The van der Waals surface area contributed by atoms with Crippen LogP contribution in [-0.2, 0) is 9.47 Å². The third-order valence-electron chi connectivity index (χ3n) is 3.91. The van der Waals surface area contributed by atoms with Gasteiger partial charge in [0.05, 0.1) is 12.2 Å². The van der Waals surface area contributed by atoms with Crippen molar-refractivity contribution in [3.63, 3.8) is 0 Å². The molecule has 0 aromatic rings. The Morgan fingerprint density at radius 2 is 2.27 bits per heavy atom. The molecule has 3 heteroatoms. The molecule has 3 unspecified atom stereocenters. The fourth-order valence-electron chi connectivity index (χ4n) is 2.81. The topological polar surface area (TPSA) is 18.5 Å². The average Bonchev–Trinajstić information content (AvgIpc) is 3.01. The van der Waals surface area contributed by atoms with Crippen LogP contribution in [0.5, 0.6) is 0 Å². The Labute approximate surface area is 101 Å². The van der Waals surface area contributed by atoms with E-state index in [1.54, 1.807) is 7.11 Å². The Morgan fingerprint density at radius 1 is 1.53 bits per heavy atom. The molecule has 0 amide bonds. The lowest BCUT2D eigenvalue weighted by Crippen LogP contribution is -2.37. The van der Waals surface area contributed by atoms with Crippen LogP contribution in [0.4, 0.5) is 0 Å². The van der Waals surface area contributed by atoms with Gasteiger partial charge in [-0.25, -0.2) is 0 Å². The molecule has 15 heavy (non-hydrogen) atoms. The maximum atomic E-state index is 5.94. The minimum atomic E-state index is 0.330. The zero-order valence-corrected chi connectivity index (χ0v) is 11.3. The van der Waals surface area contributed by atoms with Crippen LogP contribution in [0.15, 0.2) is 0 Å². The molecular formula is C12H21BrO2. The van der Waals surface area contributed by atoms with Crippen LogP contribution in [0.3, 0.4) is 0 Å². The highest BCUT2D eigenvalue weighted by atomic mass is 79.9. The van der Waals surface area contributed by atoms with Crippen molar-refractivity contribution in [2.45, 2.75) is 44.8 Å². The maximum Gasteiger partial charge on any atom is 0.0669 e. The van der Waals surface area contributed by atoms with E-state index in [1.165, 1.54) is 19.3 Å². The third kappa shape index (κ3) is 2.40. The number of rotatable bonds is 5. The zero-order valence-electron chi connectivity index (χ0n) is 9.67. The molecule has 0 radical (unpaired) electrons. The number of alkyl halides is 1. The standard InChI is InChI=1S/C12H21BrO2/c1-9(14-2)7-12(8-13)5-6-15-11(12)10-3-4-10/h9-11H,3-8H2,1-2H3. The van der Waals surface area contributed by atoms with Gasteiger partial charge >= 0.3 is 0 Å². The van der Waals surface area contributed by atoms with Gasteiger partial charge in [-0.1, -0.05) is 15.9 Å². The summed E-state index contributed by atoms with van der Waals surface area (Å²) in [6.45, 7) is 3.09. The number of ether oxygens (including phenoxy) is 2. The highest BCUT2D eigenvalue weighted by molar-refractivity contribution is 9.09. The van der Waals surface area contributed by atoms with Gasteiger partial charge in [0, 0.05) is 24.5 Å². The molecule has 1 saturated heterocycles. The molecule has 2 rings (SSSR count). The molecule has 1 aliphatic heterocycles. The van der Waals surface area contributed by atoms with Crippen molar-refractivity contribution in [1.29, 1.82) is 0 Å². The van der Waals surface area contributed by atoms with E-state index in [4.69, 9.17) is 9.47 Å². The van der Waals surface area contributed by atoms with Crippen molar-refractivity contribution < 1.29 is 9.47 Å². The van der Waals surface area contributed by atoms with Gasteiger partial charge in [0.1, 0.15) is 0 Å². The van der Waals surface area contributed by atoms with Crippen LogP contribution < -0.4 is 0 Å². The first kappa shape index (κ1) is 11.9. The molecule has 2 nitrogen and oxygen atoms in total. The molecule has 0 aromatic carbocycles. The van der Waals surface area contributed by atoms with Crippen molar-refractivity contribution in [2.75, 3.05) is 19.0 Å². The molecule has 0 aromatic heterocycles. The van der Waals surface area contributed by atoms with E-state index in [2.05, 4.69) is 22.9 Å². The summed E-state index contributed by atoms with van der Waals surface area (Å²) in [6, 6.07) is 0. The second-order valence-corrected chi connectivity index (χ2v) is 5.69. The van der Waals surface area contributed by atoms with Crippen molar-refractivity contribution in [3.05, 3.63) is 0 Å². The largest absolute Gasteiger partial charge is 0.382 e. The summed E-state index contributed by atoms with van der Waals surface area (Å²) in [5.41, 5.74) is 0.330. The fraction of sp³-hybridized carbons (Fsp3) is 1.00. The van der Waals surface area contributed by atoms with Gasteiger partial charge in [-0.15, -0.1) is 0 Å². The first-order valence-corrected chi connectivity index (χ1v) is 7.04. The van der Waals surface area contributed by atoms with Crippen LogP contribution >= 0.6 is 15.9 Å². The fourth-order valence-corrected chi connectivity index (χ4v) is 3.64. The molecule has 0 bridgehead atoms. The molecule has 1 aliphatic carbocycles. The average molecular weight is 277 g/mol. The summed E-state index contributed by atoms with van der Waals surface area (Å²) in [4.78, 5) is 0. The second kappa shape index (κ2) is 4.72. The Hall–Kier alpha value is 0.400. The van der Waals surface area contributed by atoms with E-state index < -0.39 is 0 Å². The first-order chi connectivity index (χ1) is 7.22. The van der Waals surface area contributed by atoms with Gasteiger partial charge in [-0.05, 0) is 38.5 Å². The van der Waals surface area contributed by atoms with Crippen molar-refractivity contribution in [2.24, 2.45) is 11.3 Å². The lowest BCUT2D eigenvalue weighted by Gasteiger charge is -2.34. The molecule has 0 spiro atoms. The first-order valence-electron chi connectivity index (χ1n) is 5.92. The molecule has 3 atom stereocenters. The van der Waals surface area contributed by atoms with Crippen molar-refractivity contribution >= 4 is 15.9 Å². The summed E-state index contributed by atoms with van der Waals surface area (Å²) in [7, 11) is 1.80. The predicted octanol–water partition coefficient (Wildman–Crippen LogP) is 2.99. The SMILES string of the molecule is COC(C)CC1(CBr)CCOC1C1CC1. The van der Waals surface area contributed by atoms with Crippen molar-refractivity contribution in [3.8, 4) is 0 Å². The van der Waals surface area contributed by atoms with Gasteiger partial charge in [-0.2, -0.15) is 0 Å². The summed E-state index contributed by atoms with van der Waals surface area (Å²) in [5, 5.41) is 1.05. The van der Waals surface area contributed by atoms with Crippen LogP contribution in [-0.4, -0.2) is 31.3 Å². The lowest BCUT2D eigenvalue weighted by molar-refractivity contribution is 0.00624. The van der Waals surface area contributed by atoms with E-state index in [0.29, 0.717) is 17.6 Å². The molecule has 2 fully saturated rings. The molecule has 88 valence electrons. The smallest absolute Gasteiger partial charge is 0.0669 e. The number of halogens is 1. The van der Waals surface area contributed by atoms with E-state index >= 15 is 0 Å². The minimum Gasteiger partial charge on any atom is -0.382 e. The number of methoxy groups -OCH3 is 1. The monoisotopic (exact) mass is 276 g/mol. The minimum absolute atomic E-state index is 0.330. The number of hydrogen-bond donors (Lipinski definition) is 0. The third-order valence-corrected chi connectivity index (χ3v) is 5.03. The Morgan fingerprint density at radius 3 is 2.80 bits per heavy atom. The summed E-state index contributed by atoms with van der Waals surface area (Å²) in [5.74, 6) is 0.828. The Kier molecular flexibility index (Phi) is 3.74.